The van der Waals surface area contributed by atoms with E-state index >= 15 is 0 Å². The Hall–Kier alpha value is -8.41. The zero-order valence-corrected chi connectivity index (χ0v) is 33.4. The van der Waals surface area contributed by atoms with Gasteiger partial charge < -0.3 is 4.57 Å². The van der Waals surface area contributed by atoms with Crippen LogP contribution in [0.5, 0.6) is 0 Å². The molecule has 288 valence electrons. The summed E-state index contributed by atoms with van der Waals surface area (Å²) in [7, 11) is 0. The highest BCUT2D eigenvalue weighted by Crippen LogP contribution is 2.45. The number of aromatic nitrogens is 5. The molecule has 0 aliphatic rings. The van der Waals surface area contributed by atoms with Crippen molar-refractivity contribution in [3.05, 3.63) is 212 Å². The first-order chi connectivity index (χ1) is 30.8. The lowest BCUT2D eigenvalue weighted by molar-refractivity contribution is 0.954. The maximum absolute atomic E-state index is 5.48. The molecule has 0 saturated heterocycles. The molecular formula is C57H35N5. The summed E-state index contributed by atoms with van der Waals surface area (Å²) in [4.78, 5) is 16.3. The average Bonchev–Trinajstić information content (AvgIpc) is 3.86. The third kappa shape index (κ3) is 5.12. The van der Waals surface area contributed by atoms with Gasteiger partial charge >= 0.3 is 0 Å². The van der Waals surface area contributed by atoms with Crippen molar-refractivity contribution in [2.75, 3.05) is 0 Å². The minimum absolute atomic E-state index is 0.557. The fraction of sp³-hybridized carbons (Fsp3) is 0. The molecule has 0 amide bonds. The van der Waals surface area contributed by atoms with Crippen LogP contribution in [0.4, 0.5) is 0 Å². The highest BCUT2D eigenvalue weighted by Gasteiger charge is 2.25. The lowest BCUT2D eigenvalue weighted by Gasteiger charge is -2.16. The highest BCUT2D eigenvalue weighted by molar-refractivity contribution is 6.25. The SMILES string of the molecule is c1ccc(-c2ccccc2-c2nc(-c3cccc4ccccc34)nc(-n3c4ccccc4c4c(-n5c6ccccc6c6c7ccccc7ccc65)c5ccccc5cc43)n2)cc1. The van der Waals surface area contributed by atoms with Gasteiger partial charge in [-0.2, -0.15) is 9.97 Å². The first kappa shape index (κ1) is 34.5. The first-order valence-corrected chi connectivity index (χ1v) is 21.0. The Morgan fingerprint density at radius 3 is 1.60 bits per heavy atom. The normalized spacial score (nSPS) is 11.9. The Balaban J connectivity index is 1.18. The lowest BCUT2D eigenvalue weighted by Crippen LogP contribution is -2.07. The summed E-state index contributed by atoms with van der Waals surface area (Å²) in [5.41, 5.74) is 9.54. The summed E-state index contributed by atoms with van der Waals surface area (Å²) in [6.07, 6.45) is 0. The maximum Gasteiger partial charge on any atom is 0.238 e. The summed E-state index contributed by atoms with van der Waals surface area (Å²) in [6, 6.07) is 75.6. The number of hydrogen-bond donors (Lipinski definition) is 0. The van der Waals surface area contributed by atoms with Crippen molar-refractivity contribution in [2.24, 2.45) is 0 Å². The number of hydrogen-bond acceptors (Lipinski definition) is 3. The predicted molar refractivity (Wildman–Crippen MR) is 257 cm³/mol. The van der Waals surface area contributed by atoms with Gasteiger partial charge in [-0.1, -0.05) is 188 Å². The summed E-state index contributed by atoms with van der Waals surface area (Å²) >= 11 is 0. The number of fused-ring (bicyclic) bond motifs is 10. The van der Waals surface area contributed by atoms with E-state index in [0.717, 1.165) is 76.9 Å². The highest BCUT2D eigenvalue weighted by atomic mass is 15.2. The molecule has 0 atom stereocenters. The van der Waals surface area contributed by atoms with Crippen LogP contribution < -0.4 is 0 Å². The quantitative estimate of drug-likeness (QED) is 0.174. The van der Waals surface area contributed by atoms with Crippen molar-refractivity contribution < 1.29 is 0 Å². The van der Waals surface area contributed by atoms with Gasteiger partial charge in [0.2, 0.25) is 5.95 Å². The van der Waals surface area contributed by atoms with Crippen LogP contribution in [-0.4, -0.2) is 24.1 Å². The van der Waals surface area contributed by atoms with E-state index < -0.39 is 0 Å². The van der Waals surface area contributed by atoms with Gasteiger partial charge in [0, 0.05) is 38.1 Å². The second-order valence-electron chi connectivity index (χ2n) is 15.9. The molecule has 0 N–H and O–H groups in total. The van der Waals surface area contributed by atoms with E-state index in [1.54, 1.807) is 0 Å². The van der Waals surface area contributed by atoms with Crippen LogP contribution in [0, 0.1) is 0 Å². The Bertz CT molecular complexity index is 3930. The average molecular weight is 790 g/mol. The van der Waals surface area contributed by atoms with Crippen molar-refractivity contribution in [3.8, 4) is 45.5 Å². The Morgan fingerprint density at radius 2 is 0.823 bits per heavy atom. The van der Waals surface area contributed by atoms with Gasteiger partial charge in [-0.3, -0.25) is 4.57 Å². The summed E-state index contributed by atoms with van der Waals surface area (Å²) in [5, 5.41) is 11.7. The molecule has 13 aromatic rings. The minimum atomic E-state index is 0.557. The van der Waals surface area contributed by atoms with E-state index in [0.29, 0.717) is 17.6 Å². The van der Waals surface area contributed by atoms with Gasteiger partial charge in [-0.25, -0.2) is 4.98 Å². The molecule has 10 aromatic carbocycles. The van der Waals surface area contributed by atoms with Crippen LogP contribution in [0.25, 0.3) is 121 Å². The number of nitrogens with zero attached hydrogens (tertiary/aromatic N) is 5. The third-order valence-electron chi connectivity index (χ3n) is 12.5. The molecule has 62 heavy (non-hydrogen) atoms. The van der Waals surface area contributed by atoms with E-state index in [2.05, 4.69) is 215 Å². The molecule has 0 spiro atoms. The van der Waals surface area contributed by atoms with E-state index in [-0.39, 0.29) is 0 Å². The van der Waals surface area contributed by atoms with Crippen LogP contribution in [0.2, 0.25) is 0 Å². The van der Waals surface area contributed by atoms with Crippen LogP contribution in [-0.2, 0) is 0 Å². The summed E-state index contributed by atoms with van der Waals surface area (Å²) in [5.74, 6) is 1.78. The fourth-order valence-corrected chi connectivity index (χ4v) is 9.87. The minimum Gasteiger partial charge on any atom is -0.308 e. The monoisotopic (exact) mass is 789 g/mol. The molecule has 13 rings (SSSR count). The largest absolute Gasteiger partial charge is 0.308 e. The van der Waals surface area contributed by atoms with Crippen molar-refractivity contribution in [3.63, 3.8) is 0 Å². The third-order valence-corrected chi connectivity index (χ3v) is 12.5. The number of benzene rings is 10. The van der Waals surface area contributed by atoms with E-state index in [9.17, 15) is 0 Å². The van der Waals surface area contributed by atoms with Crippen molar-refractivity contribution in [1.29, 1.82) is 0 Å². The molecule has 5 nitrogen and oxygen atoms in total. The number of para-hydroxylation sites is 2. The lowest BCUT2D eigenvalue weighted by atomic mass is 9.99. The Labute approximate surface area is 356 Å². The first-order valence-electron chi connectivity index (χ1n) is 21.0. The van der Waals surface area contributed by atoms with E-state index in [4.69, 9.17) is 15.0 Å². The van der Waals surface area contributed by atoms with Crippen molar-refractivity contribution in [1.82, 2.24) is 24.1 Å². The molecule has 0 bridgehead atoms. The summed E-state index contributed by atoms with van der Waals surface area (Å²) in [6.45, 7) is 0. The van der Waals surface area contributed by atoms with Crippen LogP contribution in [0.3, 0.4) is 0 Å². The van der Waals surface area contributed by atoms with Crippen LogP contribution in [0.15, 0.2) is 212 Å². The standard InChI is InChI=1S/C57H35N5/c1-2-17-36(18-3-1)40-24-10-11-27-44(40)55-58-56(45-30-16-22-37-19-4-7-23-41(37)45)60-57(59-55)62-49-32-15-13-29-47(49)53-51(62)35-39-21-6-9-26-43(39)54(53)61-48-31-14-12-28-46(48)52-42-25-8-5-20-38(42)33-34-50(52)61/h1-35H. The molecular weight excluding hydrogens is 755 g/mol. The molecule has 0 radical (unpaired) electrons. The Morgan fingerprint density at radius 1 is 0.290 bits per heavy atom. The second kappa shape index (κ2) is 13.6. The van der Waals surface area contributed by atoms with Gasteiger partial charge in [0.1, 0.15) is 0 Å². The Kier molecular flexibility index (Phi) is 7.54. The zero-order valence-electron chi connectivity index (χ0n) is 33.4. The molecule has 0 saturated carbocycles. The molecule has 0 unspecified atom stereocenters. The van der Waals surface area contributed by atoms with Gasteiger partial charge in [-0.05, 0) is 62.3 Å². The predicted octanol–water partition coefficient (Wildman–Crippen LogP) is 14.5. The molecule has 0 aliphatic carbocycles. The molecule has 3 aromatic heterocycles. The fourth-order valence-electron chi connectivity index (χ4n) is 9.87. The zero-order chi connectivity index (χ0) is 40.7. The number of rotatable bonds is 5. The molecule has 3 heterocycles. The second-order valence-corrected chi connectivity index (χ2v) is 15.9. The summed E-state index contributed by atoms with van der Waals surface area (Å²) < 4.78 is 4.75. The van der Waals surface area contributed by atoms with Crippen LogP contribution in [0.1, 0.15) is 0 Å². The van der Waals surface area contributed by atoms with Crippen molar-refractivity contribution >= 4 is 75.9 Å². The van der Waals surface area contributed by atoms with Gasteiger partial charge in [0.25, 0.3) is 0 Å². The maximum atomic E-state index is 5.48. The molecule has 0 fully saturated rings. The van der Waals surface area contributed by atoms with E-state index in [1.807, 2.05) is 6.07 Å². The van der Waals surface area contributed by atoms with Crippen LogP contribution >= 0.6 is 0 Å². The van der Waals surface area contributed by atoms with Gasteiger partial charge in [-0.15, -0.1) is 0 Å². The van der Waals surface area contributed by atoms with Gasteiger partial charge in [0.05, 0.1) is 27.8 Å². The smallest absolute Gasteiger partial charge is 0.238 e. The van der Waals surface area contributed by atoms with Crippen molar-refractivity contribution in [2.45, 2.75) is 0 Å². The molecule has 5 heteroatoms. The topological polar surface area (TPSA) is 48.5 Å². The molecule has 0 aliphatic heterocycles. The van der Waals surface area contributed by atoms with E-state index in [1.165, 1.54) is 26.9 Å². The van der Waals surface area contributed by atoms with Gasteiger partial charge in [0.15, 0.2) is 11.6 Å².